The van der Waals surface area contributed by atoms with Crippen LogP contribution in [0.5, 0.6) is 0 Å². The van der Waals surface area contributed by atoms with Gasteiger partial charge in [-0.1, -0.05) is 0 Å². The van der Waals surface area contributed by atoms with Crippen molar-refractivity contribution in [2.24, 2.45) is 0 Å². The zero-order chi connectivity index (χ0) is 18.7. The summed E-state index contributed by atoms with van der Waals surface area (Å²) in [6.45, 7) is 3.78. The van der Waals surface area contributed by atoms with E-state index < -0.39 is 4.92 Å². The zero-order valence-corrected chi connectivity index (χ0v) is 14.3. The van der Waals surface area contributed by atoms with Gasteiger partial charge >= 0.3 is 5.69 Å². The quantitative estimate of drug-likeness (QED) is 0.536. The first kappa shape index (κ1) is 17.3. The van der Waals surface area contributed by atoms with Crippen molar-refractivity contribution in [3.8, 4) is 0 Å². The molecule has 26 heavy (non-hydrogen) atoms. The summed E-state index contributed by atoms with van der Waals surface area (Å²) in [5, 5.41) is 18.0. The van der Waals surface area contributed by atoms with Crippen molar-refractivity contribution in [1.82, 2.24) is 20.1 Å². The van der Waals surface area contributed by atoms with E-state index in [-0.39, 0.29) is 23.9 Å². The van der Waals surface area contributed by atoms with Crippen LogP contribution in [0.15, 0.2) is 41.1 Å². The predicted molar refractivity (Wildman–Crippen MR) is 91.6 cm³/mol. The average molecular weight is 355 g/mol. The van der Waals surface area contributed by atoms with Gasteiger partial charge in [-0.15, -0.1) is 0 Å². The standard InChI is InChI=1S/C17H17N5O4/c1-11-16(22(24)25)12(2)21(20-11)10-14-3-4-15(26-14)17(23)19-9-13-5-7-18-8-6-13/h3-8H,9-10H2,1-2H3,(H,19,23). The third-order valence-corrected chi connectivity index (χ3v) is 3.92. The highest BCUT2D eigenvalue weighted by atomic mass is 16.6. The Morgan fingerprint density at radius 3 is 2.65 bits per heavy atom. The fourth-order valence-corrected chi connectivity index (χ4v) is 2.61. The second-order valence-corrected chi connectivity index (χ2v) is 5.74. The number of aromatic nitrogens is 3. The van der Waals surface area contributed by atoms with E-state index in [1.165, 1.54) is 4.68 Å². The highest BCUT2D eigenvalue weighted by Gasteiger charge is 2.22. The summed E-state index contributed by atoms with van der Waals surface area (Å²) in [4.78, 5) is 26.7. The number of nitro groups is 1. The molecule has 9 heteroatoms. The second kappa shape index (κ2) is 7.18. The summed E-state index contributed by atoms with van der Waals surface area (Å²) in [6.07, 6.45) is 3.31. The van der Waals surface area contributed by atoms with Crippen molar-refractivity contribution in [3.63, 3.8) is 0 Å². The first-order valence-corrected chi connectivity index (χ1v) is 7.90. The third-order valence-electron chi connectivity index (χ3n) is 3.92. The third kappa shape index (κ3) is 3.61. The molecular formula is C17H17N5O4. The molecule has 3 aromatic heterocycles. The lowest BCUT2D eigenvalue weighted by Gasteiger charge is -2.03. The molecule has 0 aliphatic heterocycles. The maximum atomic E-state index is 12.2. The van der Waals surface area contributed by atoms with Crippen LogP contribution in [-0.2, 0) is 13.1 Å². The highest BCUT2D eigenvalue weighted by molar-refractivity contribution is 5.91. The Hall–Kier alpha value is -3.49. The van der Waals surface area contributed by atoms with E-state index in [2.05, 4.69) is 15.4 Å². The van der Waals surface area contributed by atoms with Crippen molar-refractivity contribution in [1.29, 1.82) is 0 Å². The topological polar surface area (TPSA) is 116 Å². The fourth-order valence-electron chi connectivity index (χ4n) is 2.61. The van der Waals surface area contributed by atoms with Gasteiger partial charge < -0.3 is 9.73 Å². The fraction of sp³-hybridized carbons (Fsp3) is 0.235. The monoisotopic (exact) mass is 355 g/mol. The van der Waals surface area contributed by atoms with Gasteiger partial charge in [0.2, 0.25) is 0 Å². The van der Waals surface area contributed by atoms with Crippen molar-refractivity contribution < 1.29 is 14.1 Å². The lowest BCUT2D eigenvalue weighted by Crippen LogP contribution is -2.22. The van der Waals surface area contributed by atoms with Crippen LogP contribution in [-0.4, -0.2) is 25.6 Å². The summed E-state index contributed by atoms with van der Waals surface area (Å²) in [6, 6.07) is 6.84. The summed E-state index contributed by atoms with van der Waals surface area (Å²) in [5.74, 6) is 0.317. The molecule has 0 aliphatic carbocycles. The Morgan fingerprint density at radius 2 is 2.00 bits per heavy atom. The van der Waals surface area contributed by atoms with Crippen molar-refractivity contribution >= 4 is 11.6 Å². The smallest absolute Gasteiger partial charge is 0.312 e. The zero-order valence-electron chi connectivity index (χ0n) is 14.3. The minimum absolute atomic E-state index is 0.00752. The molecule has 0 atom stereocenters. The molecule has 1 amide bonds. The molecule has 0 aromatic carbocycles. The molecule has 134 valence electrons. The number of nitrogens with zero attached hydrogens (tertiary/aromatic N) is 4. The Balaban J connectivity index is 1.67. The van der Waals surface area contributed by atoms with Crippen LogP contribution >= 0.6 is 0 Å². The normalized spacial score (nSPS) is 10.7. The molecule has 0 radical (unpaired) electrons. The molecule has 0 unspecified atom stereocenters. The van der Waals surface area contributed by atoms with Gasteiger partial charge in [-0.3, -0.25) is 24.6 Å². The number of hydrogen-bond acceptors (Lipinski definition) is 6. The molecule has 0 spiro atoms. The number of rotatable bonds is 6. The first-order valence-electron chi connectivity index (χ1n) is 7.90. The molecule has 0 fully saturated rings. The van der Waals surface area contributed by atoms with E-state index in [9.17, 15) is 14.9 Å². The van der Waals surface area contributed by atoms with Gasteiger partial charge in [0, 0.05) is 18.9 Å². The number of pyridine rings is 1. The van der Waals surface area contributed by atoms with Crippen LogP contribution in [0.2, 0.25) is 0 Å². The first-order chi connectivity index (χ1) is 12.5. The SMILES string of the molecule is Cc1nn(Cc2ccc(C(=O)NCc3ccncc3)o2)c(C)c1[N+](=O)[O-]. The lowest BCUT2D eigenvalue weighted by atomic mass is 10.2. The average Bonchev–Trinajstić information content (AvgIpc) is 3.18. The minimum atomic E-state index is -0.450. The summed E-state index contributed by atoms with van der Waals surface area (Å²) >= 11 is 0. The van der Waals surface area contributed by atoms with E-state index in [1.54, 1.807) is 38.4 Å². The summed E-state index contributed by atoms with van der Waals surface area (Å²) < 4.78 is 7.04. The van der Waals surface area contributed by atoms with Crippen LogP contribution in [0.4, 0.5) is 5.69 Å². The molecule has 3 rings (SSSR count). The van der Waals surface area contributed by atoms with Crippen molar-refractivity contribution in [3.05, 3.63) is 75.2 Å². The number of aryl methyl sites for hydroxylation is 1. The van der Waals surface area contributed by atoms with Gasteiger partial charge in [0.1, 0.15) is 17.1 Å². The Kier molecular flexibility index (Phi) is 4.78. The predicted octanol–water partition coefficient (Wildman–Crippen LogP) is 2.37. The van der Waals surface area contributed by atoms with Crippen LogP contribution in [0.3, 0.4) is 0 Å². The van der Waals surface area contributed by atoms with Crippen molar-refractivity contribution in [2.75, 3.05) is 0 Å². The number of furan rings is 1. The number of nitrogens with one attached hydrogen (secondary N) is 1. The molecule has 0 saturated carbocycles. The molecule has 3 heterocycles. The number of amides is 1. The highest BCUT2D eigenvalue weighted by Crippen LogP contribution is 2.23. The largest absolute Gasteiger partial charge is 0.454 e. The number of carbonyl (C=O) groups excluding carboxylic acids is 1. The van der Waals surface area contributed by atoms with E-state index in [4.69, 9.17) is 4.42 Å². The van der Waals surface area contributed by atoms with E-state index >= 15 is 0 Å². The maximum absolute atomic E-state index is 12.2. The number of carbonyl (C=O) groups is 1. The van der Waals surface area contributed by atoms with Gasteiger partial charge in [-0.25, -0.2) is 0 Å². The van der Waals surface area contributed by atoms with Crippen LogP contribution < -0.4 is 5.32 Å². The molecular weight excluding hydrogens is 338 g/mol. The maximum Gasteiger partial charge on any atom is 0.312 e. The van der Waals surface area contributed by atoms with Crippen LogP contribution in [0.25, 0.3) is 0 Å². The van der Waals surface area contributed by atoms with Gasteiger partial charge in [0.05, 0.1) is 11.5 Å². The van der Waals surface area contributed by atoms with Crippen LogP contribution in [0, 0.1) is 24.0 Å². The van der Waals surface area contributed by atoms with E-state index in [1.807, 2.05) is 12.1 Å². The van der Waals surface area contributed by atoms with Gasteiger partial charge in [0.15, 0.2) is 5.76 Å². The number of hydrogen-bond donors (Lipinski definition) is 1. The molecule has 9 nitrogen and oxygen atoms in total. The second-order valence-electron chi connectivity index (χ2n) is 5.74. The lowest BCUT2D eigenvalue weighted by molar-refractivity contribution is -0.386. The van der Waals surface area contributed by atoms with Gasteiger partial charge in [-0.05, 0) is 43.7 Å². The van der Waals surface area contributed by atoms with Gasteiger partial charge in [0.25, 0.3) is 5.91 Å². The summed E-state index contributed by atoms with van der Waals surface area (Å²) in [7, 11) is 0. The van der Waals surface area contributed by atoms with E-state index in [0.717, 1.165) is 5.56 Å². The Morgan fingerprint density at radius 1 is 1.27 bits per heavy atom. The molecule has 1 N–H and O–H groups in total. The Bertz CT molecular complexity index is 945. The molecule has 3 aromatic rings. The minimum Gasteiger partial charge on any atom is -0.454 e. The van der Waals surface area contributed by atoms with Gasteiger partial charge in [-0.2, -0.15) is 5.10 Å². The van der Waals surface area contributed by atoms with E-state index in [0.29, 0.717) is 23.7 Å². The Labute approximate surface area is 148 Å². The summed E-state index contributed by atoms with van der Waals surface area (Å²) in [5.41, 5.74) is 1.70. The molecule has 0 saturated heterocycles. The van der Waals surface area contributed by atoms with Crippen molar-refractivity contribution in [2.45, 2.75) is 26.9 Å². The van der Waals surface area contributed by atoms with Crippen LogP contribution in [0.1, 0.15) is 33.3 Å². The molecule has 0 bridgehead atoms. The molecule has 0 aliphatic rings.